The summed E-state index contributed by atoms with van der Waals surface area (Å²) >= 11 is 0. The van der Waals surface area contributed by atoms with Crippen LogP contribution in [0.1, 0.15) is 58.2 Å². The van der Waals surface area contributed by atoms with Gasteiger partial charge in [0.05, 0.1) is 0 Å². The maximum Gasteiger partial charge on any atom is 0.128 e. The summed E-state index contributed by atoms with van der Waals surface area (Å²) in [7, 11) is 0. The van der Waals surface area contributed by atoms with Crippen LogP contribution < -0.4 is 10.2 Å². The van der Waals surface area contributed by atoms with E-state index in [4.69, 9.17) is 4.98 Å². The number of anilines is 1. The molecule has 0 spiro atoms. The van der Waals surface area contributed by atoms with E-state index in [-0.39, 0.29) is 5.54 Å². The molecular formula is C18H31N3. The minimum atomic E-state index is 0.144. The molecule has 21 heavy (non-hydrogen) atoms. The molecule has 2 rings (SSSR count). The zero-order chi connectivity index (χ0) is 15.5. The van der Waals surface area contributed by atoms with E-state index in [0.29, 0.717) is 0 Å². The summed E-state index contributed by atoms with van der Waals surface area (Å²) in [5.74, 6) is 2.02. The fourth-order valence-corrected chi connectivity index (χ4v) is 2.67. The summed E-state index contributed by atoms with van der Waals surface area (Å²) in [4.78, 5) is 7.27. The van der Waals surface area contributed by atoms with Crippen molar-refractivity contribution in [2.75, 3.05) is 18.0 Å². The third kappa shape index (κ3) is 4.70. The highest BCUT2D eigenvalue weighted by atomic mass is 15.2. The summed E-state index contributed by atoms with van der Waals surface area (Å²) < 4.78 is 0. The summed E-state index contributed by atoms with van der Waals surface area (Å²) in [5.41, 5.74) is 2.59. The molecule has 3 nitrogen and oxygen atoms in total. The van der Waals surface area contributed by atoms with Crippen LogP contribution in [0.25, 0.3) is 0 Å². The van der Waals surface area contributed by atoms with Crippen LogP contribution in [-0.2, 0) is 6.54 Å². The standard InChI is InChI=1S/C18H31N3/c1-6-21(13-15-8-7-9-15)17-11-10-16(14(2)20-17)12-19-18(3,4)5/h10-11,15,19H,6-9,12-13H2,1-5H3. The third-order valence-electron chi connectivity index (χ3n) is 4.40. The molecule has 0 unspecified atom stereocenters. The highest BCUT2D eigenvalue weighted by Crippen LogP contribution is 2.28. The molecule has 3 heteroatoms. The molecule has 0 bridgehead atoms. The van der Waals surface area contributed by atoms with Crippen LogP contribution in [-0.4, -0.2) is 23.6 Å². The predicted molar refractivity (Wildman–Crippen MR) is 90.8 cm³/mol. The smallest absolute Gasteiger partial charge is 0.128 e. The first-order valence-corrected chi connectivity index (χ1v) is 8.35. The molecule has 0 saturated heterocycles. The van der Waals surface area contributed by atoms with Gasteiger partial charge in [-0.05, 0) is 65.0 Å². The molecule has 0 atom stereocenters. The van der Waals surface area contributed by atoms with Crippen molar-refractivity contribution < 1.29 is 0 Å². The predicted octanol–water partition coefficient (Wildman–Crippen LogP) is 3.90. The molecule has 0 aromatic carbocycles. The van der Waals surface area contributed by atoms with Crippen molar-refractivity contribution >= 4 is 5.82 Å². The minimum absolute atomic E-state index is 0.144. The second kappa shape index (κ2) is 6.78. The van der Waals surface area contributed by atoms with Crippen LogP contribution in [0, 0.1) is 12.8 Å². The van der Waals surface area contributed by atoms with Gasteiger partial charge in [0.2, 0.25) is 0 Å². The summed E-state index contributed by atoms with van der Waals surface area (Å²) in [6.45, 7) is 14.0. The van der Waals surface area contributed by atoms with Gasteiger partial charge in [-0.2, -0.15) is 0 Å². The molecule has 1 aromatic rings. The fraction of sp³-hybridized carbons (Fsp3) is 0.722. The summed E-state index contributed by atoms with van der Waals surface area (Å²) in [6, 6.07) is 4.43. The second-order valence-corrected chi connectivity index (χ2v) is 7.35. The van der Waals surface area contributed by atoms with Gasteiger partial charge in [-0.3, -0.25) is 0 Å². The van der Waals surface area contributed by atoms with Gasteiger partial charge in [0.1, 0.15) is 5.82 Å². The Labute approximate surface area is 130 Å². The number of hydrogen-bond donors (Lipinski definition) is 1. The Morgan fingerprint density at radius 2 is 2.00 bits per heavy atom. The molecule has 1 saturated carbocycles. The van der Waals surface area contributed by atoms with Gasteiger partial charge in [0.25, 0.3) is 0 Å². The molecule has 1 N–H and O–H groups in total. The summed E-state index contributed by atoms with van der Waals surface area (Å²) in [6.07, 6.45) is 4.19. The third-order valence-corrected chi connectivity index (χ3v) is 4.40. The zero-order valence-corrected chi connectivity index (χ0v) is 14.4. The molecule has 118 valence electrons. The number of pyridine rings is 1. The van der Waals surface area contributed by atoms with Gasteiger partial charge in [-0.1, -0.05) is 12.5 Å². The lowest BCUT2D eigenvalue weighted by molar-refractivity contribution is 0.318. The molecular weight excluding hydrogens is 258 g/mol. The Bertz CT molecular complexity index is 458. The molecule has 0 radical (unpaired) electrons. The van der Waals surface area contributed by atoms with Crippen LogP contribution in [0.2, 0.25) is 0 Å². The zero-order valence-electron chi connectivity index (χ0n) is 14.4. The van der Waals surface area contributed by atoms with Crippen molar-refractivity contribution in [3.63, 3.8) is 0 Å². The van der Waals surface area contributed by atoms with Crippen molar-refractivity contribution in [3.05, 3.63) is 23.4 Å². The SMILES string of the molecule is CCN(CC1CCC1)c1ccc(CNC(C)(C)C)c(C)n1. The Balaban J connectivity index is 2.02. The number of rotatable bonds is 6. The van der Waals surface area contributed by atoms with Crippen LogP contribution in [0.4, 0.5) is 5.82 Å². The summed E-state index contributed by atoms with van der Waals surface area (Å²) in [5, 5.41) is 3.54. The van der Waals surface area contributed by atoms with E-state index in [1.165, 1.54) is 31.4 Å². The van der Waals surface area contributed by atoms with Crippen LogP contribution >= 0.6 is 0 Å². The monoisotopic (exact) mass is 289 g/mol. The molecule has 1 fully saturated rings. The van der Waals surface area contributed by atoms with E-state index in [1.54, 1.807) is 0 Å². The topological polar surface area (TPSA) is 28.2 Å². The Morgan fingerprint density at radius 3 is 2.48 bits per heavy atom. The largest absolute Gasteiger partial charge is 0.357 e. The van der Waals surface area contributed by atoms with Crippen LogP contribution in [0.15, 0.2) is 12.1 Å². The average molecular weight is 289 g/mol. The molecule has 0 amide bonds. The lowest BCUT2D eigenvalue weighted by Crippen LogP contribution is -2.35. The minimum Gasteiger partial charge on any atom is -0.357 e. The number of aryl methyl sites for hydroxylation is 1. The van der Waals surface area contributed by atoms with E-state index < -0.39 is 0 Å². The lowest BCUT2D eigenvalue weighted by atomic mass is 9.85. The number of aromatic nitrogens is 1. The number of hydrogen-bond acceptors (Lipinski definition) is 3. The maximum atomic E-state index is 4.84. The first kappa shape index (κ1) is 16.3. The van der Waals surface area contributed by atoms with Crippen LogP contribution in [0.3, 0.4) is 0 Å². The first-order chi connectivity index (χ1) is 9.89. The maximum absolute atomic E-state index is 4.84. The van der Waals surface area contributed by atoms with Gasteiger partial charge < -0.3 is 10.2 Å². The quantitative estimate of drug-likeness (QED) is 0.860. The van der Waals surface area contributed by atoms with Crippen molar-refractivity contribution in [2.45, 2.75) is 66.0 Å². The van der Waals surface area contributed by atoms with E-state index >= 15 is 0 Å². The van der Waals surface area contributed by atoms with E-state index in [0.717, 1.165) is 30.5 Å². The Kier molecular flexibility index (Phi) is 5.26. The van der Waals surface area contributed by atoms with Gasteiger partial charge in [0.15, 0.2) is 0 Å². The number of nitrogens with zero attached hydrogens (tertiary/aromatic N) is 2. The van der Waals surface area contributed by atoms with Gasteiger partial charge >= 0.3 is 0 Å². The van der Waals surface area contributed by atoms with Crippen molar-refractivity contribution in [1.82, 2.24) is 10.3 Å². The van der Waals surface area contributed by atoms with Crippen molar-refractivity contribution in [1.29, 1.82) is 0 Å². The molecule has 1 aliphatic carbocycles. The van der Waals surface area contributed by atoms with E-state index in [2.05, 4.69) is 57.0 Å². The lowest BCUT2D eigenvalue weighted by Gasteiger charge is -2.32. The molecule has 0 aliphatic heterocycles. The van der Waals surface area contributed by atoms with Crippen molar-refractivity contribution in [2.24, 2.45) is 5.92 Å². The Morgan fingerprint density at radius 1 is 1.29 bits per heavy atom. The Hall–Kier alpha value is -1.09. The number of nitrogens with one attached hydrogen (secondary N) is 1. The normalized spacial score (nSPS) is 15.9. The second-order valence-electron chi connectivity index (χ2n) is 7.35. The van der Waals surface area contributed by atoms with Gasteiger partial charge in [0, 0.05) is 30.9 Å². The van der Waals surface area contributed by atoms with E-state index in [9.17, 15) is 0 Å². The molecule has 1 heterocycles. The van der Waals surface area contributed by atoms with Crippen LogP contribution in [0.5, 0.6) is 0 Å². The van der Waals surface area contributed by atoms with Crippen molar-refractivity contribution in [3.8, 4) is 0 Å². The molecule has 1 aromatic heterocycles. The highest BCUT2D eigenvalue weighted by molar-refractivity contribution is 5.41. The fourth-order valence-electron chi connectivity index (χ4n) is 2.67. The highest BCUT2D eigenvalue weighted by Gasteiger charge is 2.21. The average Bonchev–Trinajstić information content (AvgIpc) is 2.35. The van der Waals surface area contributed by atoms with E-state index in [1.807, 2.05) is 0 Å². The molecule has 1 aliphatic rings. The van der Waals surface area contributed by atoms with Gasteiger partial charge in [-0.25, -0.2) is 4.98 Å². The first-order valence-electron chi connectivity index (χ1n) is 8.35. The van der Waals surface area contributed by atoms with Gasteiger partial charge in [-0.15, -0.1) is 0 Å².